The van der Waals surface area contributed by atoms with E-state index >= 15 is 0 Å². The number of ketones is 1. The van der Waals surface area contributed by atoms with Crippen LogP contribution in [0.25, 0.3) is 16.5 Å². The van der Waals surface area contributed by atoms with Gasteiger partial charge in [-0.1, -0.05) is 71.9 Å². The lowest BCUT2D eigenvalue weighted by atomic mass is 10.0. The second-order valence-corrected chi connectivity index (χ2v) is 8.27. The molecule has 0 radical (unpaired) electrons. The first-order valence-electron chi connectivity index (χ1n) is 9.64. The molecule has 0 atom stereocenters. The van der Waals surface area contributed by atoms with Gasteiger partial charge in [-0.05, 0) is 48.7 Å². The number of hydrogen-bond acceptors (Lipinski definition) is 4. The van der Waals surface area contributed by atoms with Gasteiger partial charge >= 0.3 is 0 Å². The number of aromatic nitrogens is 3. The molecule has 0 bridgehead atoms. The van der Waals surface area contributed by atoms with Gasteiger partial charge in [0.15, 0.2) is 5.16 Å². The average Bonchev–Trinajstić information content (AvgIpc) is 3.09. The molecule has 4 rings (SSSR count). The highest BCUT2D eigenvalue weighted by atomic mass is 32.2. The average molecular weight is 402 g/mol. The normalized spacial score (nSPS) is 11.1. The van der Waals surface area contributed by atoms with Crippen molar-refractivity contribution >= 4 is 28.3 Å². The summed E-state index contributed by atoms with van der Waals surface area (Å²) in [6.07, 6.45) is 0.669. The zero-order valence-corrected chi connectivity index (χ0v) is 17.7. The van der Waals surface area contributed by atoms with E-state index in [0.29, 0.717) is 12.2 Å². The van der Waals surface area contributed by atoms with E-state index < -0.39 is 0 Å². The molecule has 29 heavy (non-hydrogen) atoms. The summed E-state index contributed by atoms with van der Waals surface area (Å²) in [5.74, 6) is 1.39. The van der Waals surface area contributed by atoms with Crippen molar-refractivity contribution < 1.29 is 4.79 Å². The molecular formula is C24H23N3OS. The van der Waals surface area contributed by atoms with Crippen molar-refractivity contribution in [3.8, 4) is 5.69 Å². The standard InChI is InChI=1S/C24H23N3OS/c1-16-11-12-22(17(2)13-16)27-23(25-26-24(27)29-15-18(3)28)14-20-9-6-8-19-7-4-5-10-21(19)20/h4-13H,14-15H2,1-3H3. The van der Waals surface area contributed by atoms with Gasteiger partial charge in [0.2, 0.25) is 0 Å². The van der Waals surface area contributed by atoms with Crippen LogP contribution in [0, 0.1) is 13.8 Å². The molecule has 0 saturated carbocycles. The fourth-order valence-corrected chi connectivity index (χ4v) is 4.35. The number of carbonyl (C=O) groups is 1. The molecule has 5 heteroatoms. The number of fused-ring (bicyclic) bond motifs is 1. The van der Waals surface area contributed by atoms with Crippen molar-refractivity contribution in [2.75, 3.05) is 5.75 Å². The van der Waals surface area contributed by atoms with E-state index in [9.17, 15) is 4.79 Å². The van der Waals surface area contributed by atoms with Crippen LogP contribution >= 0.6 is 11.8 Å². The molecule has 0 unspecified atom stereocenters. The van der Waals surface area contributed by atoms with Gasteiger partial charge in [-0.3, -0.25) is 9.36 Å². The first-order chi connectivity index (χ1) is 14.0. The second-order valence-electron chi connectivity index (χ2n) is 7.33. The Kier molecular flexibility index (Phi) is 5.49. The third-order valence-corrected chi connectivity index (χ3v) is 6.00. The summed E-state index contributed by atoms with van der Waals surface area (Å²) < 4.78 is 2.10. The largest absolute Gasteiger partial charge is 0.299 e. The summed E-state index contributed by atoms with van der Waals surface area (Å²) in [6.45, 7) is 5.79. The molecule has 146 valence electrons. The summed E-state index contributed by atoms with van der Waals surface area (Å²) >= 11 is 1.44. The van der Waals surface area contributed by atoms with Crippen molar-refractivity contribution in [3.05, 3.63) is 83.2 Å². The number of nitrogens with zero attached hydrogens (tertiary/aromatic N) is 3. The Morgan fingerprint density at radius 3 is 2.59 bits per heavy atom. The molecule has 0 aliphatic heterocycles. The van der Waals surface area contributed by atoms with Crippen LogP contribution in [0.5, 0.6) is 0 Å². The number of aryl methyl sites for hydroxylation is 2. The predicted molar refractivity (Wildman–Crippen MR) is 119 cm³/mol. The van der Waals surface area contributed by atoms with Gasteiger partial charge in [-0.2, -0.15) is 0 Å². The zero-order valence-electron chi connectivity index (χ0n) is 16.8. The number of thioether (sulfide) groups is 1. The minimum absolute atomic E-state index is 0.126. The molecule has 1 heterocycles. The van der Waals surface area contributed by atoms with Crippen LogP contribution in [0.15, 0.2) is 65.8 Å². The van der Waals surface area contributed by atoms with Gasteiger partial charge in [0.05, 0.1) is 11.4 Å². The number of rotatable bonds is 6. The zero-order chi connectivity index (χ0) is 20.4. The van der Waals surface area contributed by atoms with E-state index in [1.807, 2.05) is 0 Å². The Labute approximate surface area is 175 Å². The maximum Gasteiger partial charge on any atom is 0.196 e. The summed E-state index contributed by atoms with van der Waals surface area (Å²) in [5.41, 5.74) is 4.65. The fourth-order valence-electron chi connectivity index (χ4n) is 3.59. The lowest BCUT2D eigenvalue weighted by Crippen LogP contribution is -2.07. The van der Waals surface area contributed by atoms with Crippen molar-refractivity contribution in [3.63, 3.8) is 0 Å². The molecular weight excluding hydrogens is 378 g/mol. The molecule has 1 aromatic heterocycles. The SMILES string of the molecule is CC(=O)CSc1nnc(Cc2cccc3ccccc23)n1-c1ccc(C)cc1C. The lowest BCUT2D eigenvalue weighted by Gasteiger charge is -2.14. The number of Topliss-reactive ketones (excluding diaryl/α,β-unsaturated/α-hetero) is 1. The molecule has 4 aromatic rings. The highest BCUT2D eigenvalue weighted by molar-refractivity contribution is 7.99. The maximum absolute atomic E-state index is 11.5. The number of hydrogen-bond donors (Lipinski definition) is 0. The number of carbonyl (C=O) groups excluding carboxylic acids is 1. The van der Waals surface area contributed by atoms with E-state index in [0.717, 1.165) is 22.2 Å². The lowest BCUT2D eigenvalue weighted by molar-refractivity contribution is -0.114. The molecule has 3 aromatic carbocycles. The summed E-state index contributed by atoms with van der Waals surface area (Å²) in [4.78, 5) is 11.5. The summed E-state index contributed by atoms with van der Waals surface area (Å²) in [7, 11) is 0. The number of benzene rings is 3. The third-order valence-electron chi connectivity index (χ3n) is 4.93. The molecule has 0 N–H and O–H groups in total. The van der Waals surface area contributed by atoms with Crippen molar-refractivity contribution in [2.24, 2.45) is 0 Å². The van der Waals surface area contributed by atoms with E-state index in [1.54, 1.807) is 6.92 Å². The first-order valence-corrected chi connectivity index (χ1v) is 10.6. The second kappa shape index (κ2) is 8.21. The Morgan fingerprint density at radius 1 is 1.00 bits per heavy atom. The van der Waals surface area contributed by atoms with Gasteiger partial charge in [-0.25, -0.2) is 0 Å². The highest BCUT2D eigenvalue weighted by Crippen LogP contribution is 2.28. The van der Waals surface area contributed by atoms with Gasteiger partial charge in [-0.15, -0.1) is 10.2 Å². The molecule has 0 saturated heterocycles. The highest BCUT2D eigenvalue weighted by Gasteiger charge is 2.18. The summed E-state index contributed by atoms with van der Waals surface area (Å²) in [5, 5.41) is 12.1. The van der Waals surface area contributed by atoms with Crippen molar-refractivity contribution in [2.45, 2.75) is 32.3 Å². The third kappa shape index (κ3) is 4.10. The molecule has 0 spiro atoms. The molecule has 4 nitrogen and oxygen atoms in total. The molecule has 0 amide bonds. The minimum Gasteiger partial charge on any atom is -0.299 e. The van der Waals surface area contributed by atoms with Crippen LogP contribution in [0.4, 0.5) is 0 Å². The maximum atomic E-state index is 11.5. The minimum atomic E-state index is 0.126. The van der Waals surface area contributed by atoms with Crippen molar-refractivity contribution in [1.82, 2.24) is 14.8 Å². The Morgan fingerprint density at radius 2 is 1.79 bits per heavy atom. The van der Waals surface area contributed by atoms with E-state index in [1.165, 1.54) is 33.7 Å². The summed E-state index contributed by atoms with van der Waals surface area (Å²) in [6, 6.07) is 21.1. The topological polar surface area (TPSA) is 47.8 Å². The molecule has 0 fully saturated rings. The van der Waals surface area contributed by atoms with Crippen LogP contribution in [0.1, 0.15) is 29.4 Å². The van der Waals surface area contributed by atoms with Crippen molar-refractivity contribution in [1.29, 1.82) is 0 Å². The van der Waals surface area contributed by atoms with Gasteiger partial charge in [0.25, 0.3) is 0 Å². The Balaban J connectivity index is 1.81. The van der Waals surface area contributed by atoms with E-state index in [-0.39, 0.29) is 5.78 Å². The fraction of sp³-hybridized carbons (Fsp3) is 0.208. The van der Waals surface area contributed by atoms with Crippen LogP contribution in [-0.4, -0.2) is 26.3 Å². The predicted octanol–water partition coefficient (Wildman–Crippen LogP) is 5.31. The van der Waals surface area contributed by atoms with E-state index in [2.05, 4.69) is 89.3 Å². The van der Waals surface area contributed by atoms with Gasteiger partial charge in [0, 0.05) is 6.42 Å². The van der Waals surface area contributed by atoms with Crippen LogP contribution < -0.4 is 0 Å². The first kappa shape index (κ1) is 19.4. The van der Waals surface area contributed by atoms with Crippen LogP contribution in [-0.2, 0) is 11.2 Å². The van der Waals surface area contributed by atoms with Crippen LogP contribution in [0.3, 0.4) is 0 Å². The van der Waals surface area contributed by atoms with E-state index in [4.69, 9.17) is 0 Å². The van der Waals surface area contributed by atoms with Gasteiger partial charge < -0.3 is 0 Å². The van der Waals surface area contributed by atoms with Crippen LogP contribution in [0.2, 0.25) is 0 Å². The molecule has 0 aliphatic rings. The van der Waals surface area contributed by atoms with Gasteiger partial charge in [0.1, 0.15) is 11.6 Å². The quantitative estimate of drug-likeness (QED) is 0.411. The Hall–Kier alpha value is -2.92. The smallest absolute Gasteiger partial charge is 0.196 e. The monoisotopic (exact) mass is 401 g/mol. The molecule has 0 aliphatic carbocycles. The Bertz CT molecular complexity index is 1190.